The molecule has 3 aromatic rings. The number of carbonyl (C=O) groups excluding carboxylic acids is 1. The maximum absolute atomic E-state index is 12.3. The number of hydrogen-bond acceptors (Lipinski definition) is 5. The number of aromatic nitrogens is 1. The second-order valence-corrected chi connectivity index (χ2v) is 6.59. The zero-order valence-corrected chi connectivity index (χ0v) is 15.6. The summed E-state index contributed by atoms with van der Waals surface area (Å²) in [6, 6.07) is 17.2. The van der Waals surface area contributed by atoms with E-state index in [-0.39, 0.29) is 5.91 Å². The Bertz CT molecular complexity index is 987. The van der Waals surface area contributed by atoms with Gasteiger partial charge in [-0.3, -0.25) is 4.79 Å². The molecular weight excluding hydrogens is 354 g/mol. The molecule has 1 aliphatic rings. The minimum Gasteiger partial charge on any atom is -0.486 e. The van der Waals surface area contributed by atoms with E-state index in [0.717, 1.165) is 28.4 Å². The molecule has 2 N–H and O–H groups in total. The normalized spacial score (nSPS) is 12.3. The van der Waals surface area contributed by atoms with E-state index in [0.29, 0.717) is 25.5 Å². The lowest BCUT2D eigenvalue weighted by Crippen LogP contribution is -2.23. The molecule has 0 saturated heterocycles. The van der Waals surface area contributed by atoms with Crippen molar-refractivity contribution in [1.29, 1.82) is 0 Å². The highest BCUT2D eigenvalue weighted by molar-refractivity contribution is 5.92. The third-order valence-corrected chi connectivity index (χ3v) is 4.36. The summed E-state index contributed by atoms with van der Waals surface area (Å²) in [5, 5.41) is 6.15. The van der Waals surface area contributed by atoms with Crippen LogP contribution >= 0.6 is 0 Å². The monoisotopic (exact) mass is 375 g/mol. The van der Waals surface area contributed by atoms with Crippen molar-refractivity contribution < 1.29 is 14.3 Å². The topological polar surface area (TPSA) is 72.5 Å². The molecule has 28 heavy (non-hydrogen) atoms. The van der Waals surface area contributed by atoms with Gasteiger partial charge in [0.1, 0.15) is 18.9 Å². The summed E-state index contributed by atoms with van der Waals surface area (Å²) in [7, 11) is 0. The van der Waals surface area contributed by atoms with Crippen LogP contribution in [0.3, 0.4) is 0 Å². The van der Waals surface area contributed by atoms with Gasteiger partial charge >= 0.3 is 0 Å². The van der Waals surface area contributed by atoms with Gasteiger partial charge in [-0.05, 0) is 36.8 Å². The van der Waals surface area contributed by atoms with Crippen LogP contribution in [0.1, 0.15) is 21.6 Å². The molecule has 2 aromatic carbocycles. The van der Waals surface area contributed by atoms with Crippen molar-refractivity contribution in [2.45, 2.75) is 13.5 Å². The predicted octanol–water partition coefficient (Wildman–Crippen LogP) is 3.83. The van der Waals surface area contributed by atoms with E-state index in [1.807, 2.05) is 55.5 Å². The van der Waals surface area contributed by atoms with Crippen LogP contribution in [0.25, 0.3) is 0 Å². The molecule has 0 spiro atoms. The highest BCUT2D eigenvalue weighted by atomic mass is 16.6. The Balaban J connectivity index is 1.37. The van der Waals surface area contributed by atoms with Crippen molar-refractivity contribution in [3.05, 3.63) is 77.6 Å². The van der Waals surface area contributed by atoms with Gasteiger partial charge < -0.3 is 20.1 Å². The molecule has 2 heterocycles. The number of fused-ring (bicyclic) bond motifs is 1. The van der Waals surface area contributed by atoms with Gasteiger partial charge in [0, 0.05) is 18.3 Å². The van der Waals surface area contributed by atoms with Gasteiger partial charge in [0.25, 0.3) is 5.91 Å². The number of nitrogens with one attached hydrogen (secondary N) is 2. The van der Waals surface area contributed by atoms with E-state index in [1.165, 1.54) is 5.56 Å². The largest absolute Gasteiger partial charge is 0.486 e. The third kappa shape index (κ3) is 4.23. The van der Waals surface area contributed by atoms with Crippen molar-refractivity contribution in [1.82, 2.24) is 10.3 Å². The van der Waals surface area contributed by atoms with Crippen molar-refractivity contribution in [3.63, 3.8) is 0 Å². The number of benzene rings is 2. The van der Waals surface area contributed by atoms with Gasteiger partial charge in [0.2, 0.25) is 0 Å². The number of rotatable bonds is 5. The zero-order chi connectivity index (χ0) is 19.3. The third-order valence-electron chi connectivity index (χ3n) is 4.36. The van der Waals surface area contributed by atoms with Crippen LogP contribution in [-0.4, -0.2) is 24.1 Å². The second-order valence-electron chi connectivity index (χ2n) is 6.59. The fourth-order valence-corrected chi connectivity index (χ4v) is 2.98. The zero-order valence-electron chi connectivity index (χ0n) is 15.6. The fraction of sp³-hybridized carbons (Fsp3) is 0.182. The number of anilines is 2. The summed E-state index contributed by atoms with van der Waals surface area (Å²) in [6.07, 6.45) is 1.64. The molecule has 0 unspecified atom stereocenters. The summed E-state index contributed by atoms with van der Waals surface area (Å²) >= 11 is 0. The first-order chi connectivity index (χ1) is 13.7. The first-order valence-corrected chi connectivity index (χ1v) is 9.14. The van der Waals surface area contributed by atoms with Gasteiger partial charge in [-0.15, -0.1) is 0 Å². The van der Waals surface area contributed by atoms with Crippen molar-refractivity contribution in [2.75, 3.05) is 18.5 Å². The minimum absolute atomic E-state index is 0.201. The Morgan fingerprint density at radius 3 is 2.61 bits per heavy atom. The molecule has 0 radical (unpaired) electrons. The number of amides is 1. The predicted molar refractivity (Wildman–Crippen MR) is 107 cm³/mol. The quantitative estimate of drug-likeness (QED) is 0.709. The van der Waals surface area contributed by atoms with E-state index in [1.54, 1.807) is 12.3 Å². The number of carbonyl (C=O) groups is 1. The maximum atomic E-state index is 12.3. The standard InChI is InChI=1S/C22H21N3O3/c1-15-3-2-4-16(11-15)13-24-22(26)19-7-5-18(14-23-19)25-17-6-8-20-21(12-17)28-10-9-27-20/h2-8,11-12,14,25H,9-10,13H2,1H3,(H,24,26). The van der Waals surface area contributed by atoms with E-state index >= 15 is 0 Å². The SMILES string of the molecule is Cc1cccc(CNC(=O)c2ccc(Nc3ccc4c(c3)OCCO4)cn2)c1. The van der Waals surface area contributed by atoms with Crippen LogP contribution in [0.4, 0.5) is 11.4 Å². The first kappa shape index (κ1) is 17.9. The first-order valence-electron chi connectivity index (χ1n) is 9.14. The molecule has 0 fully saturated rings. The van der Waals surface area contributed by atoms with Crippen LogP contribution in [-0.2, 0) is 6.54 Å². The molecule has 1 aliphatic heterocycles. The van der Waals surface area contributed by atoms with E-state index in [9.17, 15) is 4.79 Å². The summed E-state index contributed by atoms with van der Waals surface area (Å²) in [6.45, 7) is 3.61. The molecule has 142 valence electrons. The fourth-order valence-electron chi connectivity index (χ4n) is 2.98. The minimum atomic E-state index is -0.201. The van der Waals surface area contributed by atoms with E-state index in [2.05, 4.69) is 15.6 Å². The average Bonchev–Trinajstić information content (AvgIpc) is 2.72. The molecule has 0 bridgehead atoms. The second kappa shape index (κ2) is 8.00. The number of aryl methyl sites for hydroxylation is 1. The summed E-state index contributed by atoms with van der Waals surface area (Å²) in [5.74, 6) is 1.26. The molecule has 0 saturated carbocycles. The Kier molecular flexibility index (Phi) is 5.10. The molecular formula is C22H21N3O3. The highest BCUT2D eigenvalue weighted by Gasteiger charge is 2.12. The van der Waals surface area contributed by atoms with Crippen molar-refractivity contribution >= 4 is 17.3 Å². The van der Waals surface area contributed by atoms with Gasteiger partial charge in [-0.2, -0.15) is 0 Å². The molecule has 6 nitrogen and oxygen atoms in total. The van der Waals surface area contributed by atoms with Gasteiger partial charge in [-0.1, -0.05) is 29.8 Å². The van der Waals surface area contributed by atoms with Crippen molar-refractivity contribution in [3.8, 4) is 11.5 Å². The molecule has 1 amide bonds. The maximum Gasteiger partial charge on any atom is 0.270 e. The van der Waals surface area contributed by atoms with Crippen molar-refractivity contribution in [2.24, 2.45) is 0 Å². The van der Waals surface area contributed by atoms with Crippen LogP contribution in [0.2, 0.25) is 0 Å². The van der Waals surface area contributed by atoms with Gasteiger partial charge in [-0.25, -0.2) is 4.98 Å². The average molecular weight is 375 g/mol. The molecule has 1 aromatic heterocycles. The molecule has 0 aliphatic carbocycles. The highest BCUT2D eigenvalue weighted by Crippen LogP contribution is 2.33. The van der Waals surface area contributed by atoms with E-state index in [4.69, 9.17) is 9.47 Å². The van der Waals surface area contributed by atoms with Crippen LogP contribution in [0.5, 0.6) is 11.5 Å². The Labute approximate surface area is 163 Å². The van der Waals surface area contributed by atoms with Crippen LogP contribution in [0, 0.1) is 6.92 Å². The lowest BCUT2D eigenvalue weighted by atomic mass is 10.1. The van der Waals surface area contributed by atoms with E-state index < -0.39 is 0 Å². The molecule has 4 rings (SSSR count). The Morgan fingerprint density at radius 2 is 1.82 bits per heavy atom. The summed E-state index contributed by atoms with van der Waals surface area (Å²) < 4.78 is 11.1. The van der Waals surface area contributed by atoms with Crippen LogP contribution < -0.4 is 20.1 Å². The Hall–Kier alpha value is -3.54. The van der Waals surface area contributed by atoms with Crippen LogP contribution in [0.15, 0.2) is 60.8 Å². The lowest BCUT2D eigenvalue weighted by molar-refractivity contribution is 0.0946. The summed E-state index contributed by atoms with van der Waals surface area (Å²) in [4.78, 5) is 16.6. The number of pyridine rings is 1. The Morgan fingerprint density at radius 1 is 1.00 bits per heavy atom. The lowest BCUT2D eigenvalue weighted by Gasteiger charge is -2.19. The van der Waals surface area contributed by atoms with Gasteiger partial charge in [0.15, 0.2) is 11.5 Å². The number of hydrogen-bond donors (Lipinski definition) is 2. The molecule has 0 atom stereocenters. The number of ether oxygens (including phenoxy) is 2. The smallest absolute Gasteiger partial charge is 0.270 e. The molecule has 6 heteroatoms. The van der Waals surface area contributed by atoms with Gasteiger partial charge in [0.05, 0.1) is 11.9 Å². The number of nitrogens with zero attached hydrogens (tertiary/aromatic N) is 1. The summed E-state index contributed by atoms with van der Waals surface area (Å²) in [5.41, 5.74) is 4.25.